The first-order valence-electron chi connectivity index (χ1n) is 7.32. The first-order chi connectivity index (χ1) is 9.69. The fourth-order valence-electron chi connectivity index (χ4n) is 3.60. The van der Waals surface area contributed by atoms with Crippen LogP contribution in [0.3, 0.4) is 0 Å². The quantitative estimate of drug-likeness (QED) is 0.631. The van der Waals surface area contributed by atoms with E-state index in [1.165, 1.54) is 19.3 Å². The predicted octanol–water partition coefficient (Wildman–Crippen LogP) is 1.48. The summed E-state index contributed by atoms with van der Waals surface area (Å²) in [5, 5.41) is 0. The summed E-state index contributed by atoms with van der Waals surface area (Å²) < 4.78 is 0. The van der Waals surface area contributed by atoms with E-state index in [4.69, 9.17) is 5.84 Å². The molecule has 1 aromatic heterocycles. The summed E-state index contributed by atoms with van der Waals surface area (Å²) in [6.07, 6.45) is 5.97. The number of nitrogens with one attached hydrogen (secondary N) is 1. The van der Waals surface area contributed by atoms with E-state index in [9.17, 15) is 4.79 Å². The van der Waals surface area contributed by atoms with Crippen molar-refractivity contribution in [2.24, 2.45) is 11.8 Å². The highest BCUT2D eigenvalue weighted by Gasteiger charge is 2.38. The largest absolute Gasteiger partial charge is 0.334 e. The fraction of sp³-hybridized carbons (Fsp3) is 0.643. The van der Waals surface area contributed by atoms with Crippen LogP contribution in [0.2, 0.25) is 0 Å². The number of nitrogen functional groups attached to an aromatic ring is 1. The molecule has 0 radical (unpaired) electrons. The molecule has 3 N–H and O–H groups in total. The normalized spacial score (nSPS) is 25.4. The number of likely N-dealkylation sites (tertiary alicyclic amines) is 1. The second-order valence-corrected chi connectivity index (χ2v) is 5.76. The zero-order chi connectivity index (χ0) is 14.1. The second-order valence-electron chi connectivity index (χ2n) is 5.76. The maximum Gasteiger partial charge on any atom is 0.272 e. The summed E-state index contributed by atoms with van der Waals surface area (Å²) in [5.74, 6) is 6.35. The third-order valence-corrected chi connectivity index (χ3v) is 4.46. The monoisotopic (exact) mass is 275 g/mol. The van der Waals surface area contributed by atoms with Crippen molar-refractivity contribution in [3.63, 3.8) is 0 Å². The van der Waals surface area contributed by atoms with Crippen LogP contribution in [0.15, 0.2) is 6.07 Å². The van der Waals surface area contributed by atoms with Crippen molar-refractivity contribution in [1.29, 1.82) is 0 Å². The average molecular weight is 275 g/mol. The Labute approximate surface area is 118 Å². The van der Waals surface area contributed by atoms with E-state index in [2.05, 4.69) is 15.4 Å². The van der Waals surface area contributed by atoms with Gasteiger partial charge in [0.1, 0.15) is 5.69 Å². The van der Waals surface area contributed by atoms with Crippen molar-refractivity contribution in [2.75, 3.05) is 12.0 Å². The zero-order valence-corrected chi connectivity index (χ0v) is 11.8. The lowest BCUT2D eigenvalue weighted by molar-refractivity contribution is 0.0542. The van der Waals surface area contributed by atoms with Crippen molar-refractivity contribution >= 4 is 11.9 Å². The molecule has 2 atom stereocenters. The molecule has 2 unspecified atom stereocenters. The summed E-state index contributed by atoms with van der Waals surface area (Å²) in [6, 6.07) is 2.14. The number of anilines is 1. The van der Waals surface area contributed by atoms with E-state index >= 15 is 0 Å². The molecule has 20 heavy (non-hydrogen) atoms. The van der Waals surface area contributed by atoms with Crippen LogP contribution >= 0.6 is 0 Å². The van der Waals surface area contributed by atoms with Gasteiger partial charge in [0.25, 0.3) is 5.91 Å². The molecular weight excluding hydrogens is 254 g/mol. The summed E-state index contributed by atoms with van der Waals surface area (Å²) in [5.41, 5.74) is 3.61. The first kappa shape index (κ1) is 13.3. The van der Waals surface area contributed by atoms with Gasteiger partial charge in [-0.1, -0.05) is 6.42 Å². The lowest BCUT2D eigenvalue weighted by Crippen LogP contribution is -2.46. The Morgan fingerprint density at radius 2 is 2.15 bits per heavy atom. The number of aromatic nitrogens is 2. The van der Waals surface area contributed by atoms with Gasteiger partial charge >= 0.3 is 0 Å². The Balaban J connectivity index is 1.86. The summed E-state index contributed by atoms with van der Waals surface area (Å²) in [7, 11) is 0. The van der Waals surface area contributed by atoms with Gasteiger partial charge in [-0.15, -0.1) is 0 Å². The zero-order valence-electron chi connectivity index (χ0n) is 11.8. The van der Waals surface area contributed by atoms with Crippen LogP contribution in [0.25, 0.3) is 0 Å². The van der Waals surface area contributed by atoms with Crippen molar-refractivity contribution < 1.29 is 4.79 Å². The van der Waals surface area contributed by atoms with Crippen LogP contribution in [0, 0.1) is 12.8 Å². The van der Waals surface area contributed by atoms with Gasteiger partial charge < -0.3 is 4.90 Å². The Hall–Kier alpha value is -1.69. The molecular formula is C14H21N5O. The molecule has 108 valence electrons. The van der Waals surface area contributed by atoms with Crippen molar-refractivity contribution in [3.8, 4) is 0 Å². The molecule has 1 aliphatic heterocycles. The number of hydrogen-bond acceptors (Lipinski definition) is 5. The van der Waals surface area contributed by atoms with Crippen LogP contribution in [-0.2, 0) is 0 Å². The number of rotatable bonds is 2. The van der Waals surface area contributed by atoms with Gasteiger partial charge in [0.05, 0.1) is 0 Å². The third-order valence-electron chi connectivity index (χ3n) is 4.46. The minimum Gasteiger partial charge on any atom is -0.334 e. The molecule has 1 amide bonds. The minimum absolute atomic E-state index is 0.0172. The van der Waals surface area contributed by atoms with Crippen LogP contribution in [0.1, 0.15) is 48.3 Å². The maximum absolute atomic E-state index is 12.7. The number of carbonyl (C=O) groups excluding carboxylic acids is 1. The summed E-state index contributed by atoms with van der Waals surface area (Å²) in [4.78, 5) is 23.1. The second kappa shape index (κ2) is 5.36. The van der Waals surface area contributed by atoms with Crippen molar-refractivity contribution in [1.82, 2.24) is 14.9 Å². The molecule has 3 rings (SSSR count). The number of hydrogen-bond donors (Lipinski definition) is 2. The molecule has 6 heteroatoms. The molecule has 1 aromatic rings. The van der Waals surface area contributed by atoms with E-state index in [-0.39, 0.29) is 5.91 Å². The molecule has 6 nitrogen and oxygen atoms in total. The van der Waals surface area contributed by atoms with Crippen LogP contribution in [0.5, 0.6) is 0 Å². The van der Waals surface area contributed by atoms with Gasteiger partial charge in [-0.3, -0.25) is 10.2 Å². The number of aryl methyl sites for hydroxylation is 1. The topological polar surface area (TPSA) is 84.1 Å². The highest BCUT2D eigenvalue weighted by molar-refractivity contribution is 5.93. The molecule has 1 saturated carbocycles. The van der Waals surface area contributed by atoms with Crippen LogP contribution in [-0.4, -0.2) is 33.4 Å². The molecule has 2 aliphatic rings. The first-order valence-corrected chi connectivity index (χ1v) is 7.32. The third kappa shape index (κ3) is 2.35. The summed E-state index contributed by atoms with van der Waals surface area (Å²) in [6.45, 7) is 2.68. The number of hydrazine groups is 1. The minimum atomic E-state index is 0.0172. The van der Waals surface area contributed by atoms with Crippen LogP contribution < -0.4 is 11.3 Å². The molecule has 2 heterocycles. The van der Waals surface area contributed by atoms with E-state index in [1.54, 1.807) is 6.07 Å². The van der Waals surface area contributed by atoms with Crippen LogP contribution in [0.4, 0.5) is 5.95 Å². The van der Waals surface area contributed by atoms with Gasteiger partial charge in [-0.05, 0) is 44.6 Å². The van der Waals surface area contributed by atoms with E-state index in [0.29, 0.717) is 23.6 Å². The average Bonchev–Trinajstić information content (AvgIpc) is 2.94. The Morgan fingerprint density at radius 1 is 1.35 bits per heavy atom. The predicted molar refractivity (Wildman–Crippen MR) is 76.0 cm³/mol. The summed E-state index contributed by atoms with van der Waals surface area (Å²) >= 11 is 0. The number of fused-ring (bicyclic) bond motifs is 1. The number of carbonyl (C=O) groups is 1. The Bertz CT molecular complexity index is 518. The Kier molecular flexibility index (Phi) is 3.56. The van der Waals surface area contributed by atoms with Gasteiger partial charge in [0.15, 0.2) is 0 Å². The highest BCUT2D eigenvalue weighted by atomic mass is 16.2. The SMILES string of the molecule is Cc1cc(C(=O)N2CCCC3CCCC32)nc(NN)n1. The van der Waals surface area contributed by atoms with E-state index in [0.717, 1.165) is 25.1 Å². The van der Waals surface area contributed by atoms with E-state index in [1.807, 2.05) is 11.8 Å². The number of nitrogens with zero attached hydrogens (tertiary/aromatic N) is 3. The smallest absolute Gasteiger partial charge is 0.272 e. The van der Waals surface area contributed by atoms with Gasteiger partial charge in [-0.25, -0.2) is 15.8 Å². The molecule has 0 spiro atoms. The fourth-order valence-corrected chi connectivity index (χ4v) is 3.60. The molecule has 0 aromatic carbocycles. The highest BCUT2D eigenvalue weighted by Crippen LogP contribution is 2.37. The number of nitrogens with two attached hydrogens (primary N) is 1. The van der Waals surface area contributed by atoms with Gasteiger partial charge in [0, 0.05) is 18.3 Å². The molecule has 0 bridgehead atoms. The van der Waals surface area contributed by atoms with Gasteiger partial charge in [-0.2, -0.15) is 0 Å². The van der Waals surface area contributed by atoms with Crippen molar-refractivity contribution in [3.05, 3.63) is 17.5 Å². The molecule has 2 fully saturated rings. The lowest BCUT2D eigenvalue weighted by atomic mass is 9.91. The maximum atomic E-state index is 12.7. The molecule has 1 saturated heterocycles. The number of piperidine rings is 1. The Morgan fingerprint density at radius 3 is 2.95 bits per heavy atom. The lowest BCUT2D eigenvalue weighted by Gasteiger charge is -2.37. The number of amides is 1. The van der Waals surface area contributed by atoms with Gasteiger partial charge in [0.2, 0.25) is 5.95 Å². The molecule has 1 aliphatic carbocycles. The van der Waals surface area contributed by atoms with Crippen molar-refractivity contribution in [2.45, 2.75) is 45.1 Å². The van der Waals surface area contributed by atoms with E-state index < -0.39 is 0 Å². The standard InChI is InChI=1S/C14H21N5O/c1-9-8-11(17-14(16-9)18-15)13(20)19-7-3-5-10-4-2-6-12(10)19/h8,10,12H,2-7,15H2,1H3,(H,16,17,18).